The van der Waals surface area contributed by atoms with Crippen LogP contribution in [-0.2, 0) is 0 Å². The normalized spacial score (nSPS) is 17.8. The number of nitrogens with zero attached hydrogens (tertiary/aromatic N) is 6. The number of carbonyl (C=O) groups is 1. The molecule has 0 saturated carbocycles. The molecule has 1 N–H and O–H groups in total. The Kier molecular flexibility index (Phi) is 4.31. The molecule has 2 aromatic heterocycles. The van der Waals surface area contributed by atoms with Gasteiger partial charge >= 0.3 is 6.09 Å². The predicted molar refractivity (Wildman–Crippen MR) is 83.3 cm³/mol. The number of anilines is 1. The lowest BCUT2D eigenvalue weighted by atomic mass is 10.1. The zero-order valence-electron chi connectivity index (χ0n) is 12.4. The molecule has 1 amide bonds. The summed E-state index contributed by atoms with van der Waals surface area (Å²) in [6.45, 7) is 0.859. The molecule has 1 atom stereocenters. The van der Waals surface area contributed by atoms with Crippen LogP contribution in [0.2, 0.25) is 5.15 Å². The van der Waals surface area contributed by atoms with E-state index in [-0.39, 0.29) is 30.2 Å². The van der Waals surface area contributed by atoms with E-state index in [0.29, 0.717) is 17.7 Å². The monoisotopic (exact) mass is 350 g/mol. The van der Waals surface area contributed by atoms with Crippen LogP contribution in [0.3, 0.4) is 0 Å². The number of hydrogen-bond acceptors (Lipinski definition) is 6. The maximum Gasteiger partial charge on any atom is 0.407 e. The molecular formula is C14H12ClFN6O2. The smallest absolute Gasteiger partial charge is 0.407 e. The molecule has 10 heteroatoms. The van der Waals surface area contributed by atoms with Gasteiger partial charge in [0.2, 0.25) is 0 Å². The zero-order chi connectivity index (χ0) is 17.3. The van der Waals surface area contributed by atoms with E-state index in [1.807, 2.05) is 6.07 Å². The highest BCUT2D eigenvalue weighted by atomic mass is 35.5. The first-order valence-corrected chi connectivity index (χ1v) is 7.47. The maximum absolute atomic E-state index is 14.1. The van der Waals surface area contributed by atoms with Gasteiger partial charge in [-0.05, 0) is 0 Å². The molecule has 3 rings (SSSR count). The van der Waals surface area contributed by atoms with Gasteiger partial charge in [0.1, 0.15) is 17.7 Å². The largest absolute Gasteiger partial charge is 0.465 e. The van der Waals surface area contributed by atoms with E-state index < -0.39 is 18.0 Å². The lowest BCUT2D eigenvalue weighted by molar-refractivity contribution is 0.119. The zero-order valence-corrected chi connectivity index (χ0v) is 13.1. The van der Waals surface area contributed by atoms with Crippen LogP contribution in [0.1, 0.15) is 6.42 Å². The average Bonchev–Trinajstić information content (AvgIpc) is 2.58. The third-order valence-corrected chi connectivity index (χ3v) is 4.18. The molecule has 1 aliphatic rings. The van der Waals surface area contributed by atoms with Gasteiger partial charge in [-0.15, -0.1) is 0 Å². The van der Waals surface area contributed by atoms with Crippen molar-refractivity contribution in [3.63, 3.8) is 0 Å². The topological polar surface area (TPSA) is 106 Å². The summed E-state index contributed by atoms with van der Waals surface area (Å²) in [6, 6.07) is 1.50. The van der Waals surface area contributed by atoms with Gasteiger partial charge < -0.3 is 14.9 Å². The summed E-state index contributed by atoms with van der Waals surface area (Å²) in [7, 11) is 0. The number of amides is 1. The molecule has 124 valence electrons. The minimum absolute atomic E-state index is 0.0532. The first kappa shape index (κ1) is 16.1. The van der Waals surface area contributed by atoms with Crippen LogP contribution in [0.4, 0.5) is 15.0 Å². The van der Waals surface area contributed by atoms with Crippen LogP contribution in [0.15, 0.2) is 12.5 Å². The summed E-state index contributed by atoms with van der Waals surface area (Å²) in [5, 5.41) is 18.3. The first-order valence-electron chi connectivity index (χ1n) is 7.09. The van der Waals surface area contributed by atoms with Crippen LogP contribution < -0.4 is 4.90 Å². The average molecular weight is 351 g/mol. The molecule has 0 unspecified atom stereocenters. The summed E-state index contributed by atoms with van der Waals surface area (Å²) in [4.78, 5) is 26.2. The highest BCUT2D eigenvalue weighted by Crippen LogP contribution is 2.28. The molecule has 1 fully saturated rings. The van der Waals surface area contributed by atoms with Crippen molar-refractivity contribution < 1.29 is 14.3 Å². The van der Waals surface area contributed by atoms with Gasteiger partial charge in [0, 0.05) is 25.8 Å². The van der Waals surface area contributed by atoms with Gasteiger partial charge in [0.15, 0.2) is 11.0 Å². The fourth-order valence-corrected chi connectivity index (χ4v) is 2.93. The van der Waals surface area contributed by atoms with Crippen molar-refractivity contribution in [3.8, 4) is 6.07 Å². The Bertz CT molecular complexity index is 842. The van der Waals surface area contributed by atoms with Crippen LogP contribution in [0, 0.1) is 17.1 Å². The Morgan fingerprint density at radius 2 is 2.25 bits per heavy atom. The van der Waals surface area contributed by atoms with Crippen molar-refractivity contribution in [2.45, 2.75) is 12.5 Å². The Hall–Kier alpha value is -2.73. The summed E-state index contributed by atoms with van der Waals surface area (Å²) in [6.07, 6.45) is 1.60. The van der Waals surface area contributed by atoms with Crippen molar-refractivity contribution in [3.05, 3.63) is 23.5 Å². The molecule has 0 spiro atoms. The summed E-state index contributed by atoms with van der Waals surface area (Å²) >= 11 is 5.68. The molecule has 24 heavy (non-hydrogen) atoms. The van der Waals surface area contributed by atoms with Gasteiger partial charge in [-0.2, -0.15) is 5.26 Å². The quantitative estimate of drug-likeness (QED) is 0.824. The SMILES string of the molecule is N#CC[C@H]1CN(c2ncnc3c(F)c(Cl)ncc23)CCN1C(=O)O. The number of nitriles is 1. The lowest BCUT2D eigenvalue weighted by Crippen LogP contribution is -2.55. The lowest BCUT2D eigenvalue weighted by Gasteiger charge is -2.39. The number of halogens is 2. The summed E-state index contributed by atoms with van der Waals surface area (Å²) in [5.74, 6) is -0.286. The van der Waals surface area contributed by atoms with Gasteiger partial charge in [-0.3, -0.25) is 0 Å². The fourth-order valence-electron chi connectivity index (χ4n) is 2.79. The van der Waals surface area contributed by atoms with Crippen molar-refractivity contribution in [2.24, 2.45) is 0 Å². The van der Waals surface area contributed by atoms with Crippen molar-refractivity contribution in [1.29, 1.82) is 5.26 Å². The van der Waals surface area contributed by atoms with E-state index in [1.165, 1.54) is 17.4 Å². The number of piperazine rings is 1. The molecule has 1 aliphatic heterocycles. The Balaban J connectivity index is 1.98. The second-order valence-electron chi connectivity index (χ2n) is 5.26. The van der Waals surface area contributed by atoms with Gasteiger partial charge in [-0.25, -0.2) is 24.1 Å². The second kappa shape index (κ2) is 6.41. The van der Waals surface area contributed by atoms with Crippen LogP contribution >= 0.6 is 11.6 Å². The maximum atomic E-state index is 14.1. The summed E-state index contributed by atoms with van der Waals surface area (Å²) in [5.41, 5.74) is 0.0532. The van der Waals surface area contributed by atoms with Crippen molar-refractivity contribution in [2.75, 3.05) is 24.5 Å². The van der Waals surface area contributed by atoms with E-state index in [2.05, 4.69) is 15.0 Å². The molecule has 0 radical (unpaired) electrons. The minimum atomic E-state index is -1.07. The van der Waals surface area contributed by atoms with Crippen LogP contribution in [0.5, 0.6) is 0 Å². The van der Waals surface area contributed by atoms with Gasteiger partial charge in [0.25, 0.3) is 0 Å². The molecule has 8 nitrogen and oxygen atoms in total. The Labute approximate surface area is 141 Å². The Morgan fingerprint density at radius 3 is 2.96 bits per heavy atom. The Morgan fingerprint density at radius 1 is 1.46 bits per heavy atom. The number of fused-ring (bicyclic) bond motifs is 1. The van der Waals surface area contributed by atoms with E-state index in [1.54, 1.807) is 4.90 Å². The third kappa shape index (κ3) is 2.76. The van der Waals surface area contributed by atoms with Crippen LogP contribution in [-0.4, -0.2) is 56.7 Å². The van der Waals surface area contributed by atoms with Crippen molar-refractivity contribution >= 4 is 34.4 Å². The second-order valence-corrected chi connectivity index (χ2v) is 5.62. The van der Waals surface area contributed by atoms with Gasteiger partial charge in [0.05, 0.1) is 23.9 Å². The number of rotatable bonds is 2. The van der Waals surface area contributed by atoms with E-state index >= 15 is 0 Å². The molecule has 0 aromatic carbocycles. The van der Waals surface area contributed by atoms with E-state index in [9.17, 15) is 14.3 Å². The molecule has 1 saturated heterocycles. The number of hydrogen-bond donors (Lipinski definition) is 1. The molecule has 0 bridgehead atoms. The molecular weight excluding hydrogens is 339 g/mol. The van der Waals surface area contributed by atoms with Crippen molar-refractivity contribution in [1.82, 2.24) is 19.9 Å². The first-order chi connectivity index (χ1) is 11.5. The summed E-state index contributed by atoms with van der Waals surface area (Å²) < 4.78 is 14.1. The van der Waals surface area contributed by atoms with E-state index in [0.717, 1.165) is 0 Å². The molecule has 3 heterocycles. The molecule has 0 aliphatic carbocycles. The highest BCUT2D eigenvalue weighted by Gasteiger charge is 2.31. The number of carboxylic acid groups (broad SMARTS) is 1. The fraction of sp³-hybridized carbons (Fsp3) is 0.357. The minimum Gasteiger partial charge on any atom is -0.465 e. The van der Waals surface area contributed by atoms with Crippen LogP contribution in [0.25, 0.3) is 10.9 Å². The third-order valence-electron chi connectivity index (χ3n) is 3.91. The number of aromatic nitrogens is 3. The van der Waals surface area contributed by atoms with Gasteiger partial charge in [-0.1, -0.05) is 11.6 Å². The van der Waals surface area contributed by atoms with E-state index in [4.69, 9.17) is 16.9 Å². The predicted octanol–water partition coefficient (Wildman–Crippen LogP) is 1.90. The highest BCUT2D eigenvalue weighted by molar-refractivity contribution is 6.30. The molecule has 2 aromatic rings. The number of pyridine rings is 1. The standard InChI is InChI=1S/C14H12ClFN6O2/c15-12-10(16)11-9(5-18-12)13(20-7-19-11)21-3-4-22(14(23)24)8(6-21)1-2-17/h5,7-8H,1,3-4,6H2,(H,23,24)/t8-/m0/s1.